The van der Waals surface area contributed by atoms with Crippen LogP contribution in [0.4, 0.5) is 0 Å². The number of aromatic amines is 1. The third kappa shape index (κ3) is 2.92. The van der Waals surface area contributed by atoms with Crippen LogP contribution in [-0.2, 0) is 0 Å². The van der Waals surface area contributed by atoms with Crippen LogP contribution in [0.25, 0.3) is 39.2 Å². The summed E-state index contributed by atoms with van der Waals surface area (Å²) in [5.41, 5.74) is 5.47. The van der Waals surface area contributed by atoms with E-state index in [9.17, 15) is 9.90 Å². The Balaban J connectivity index is 1.57. The van der Waals surface area contributed by atoms with Crippen molar-refractivity contribution in [3.63, 3.8) is 0 Å². The molecule has 2 aromatic heterocycles. The van der Waals surface area contributed by atoms with E-state index in [2.05, 4.69) is 25.6 Å². The normalized spacial score (nSPS) is 11.0. The number of carboxylic acid groups (broad SMARTS) is 1. The molecule has 29 heavy (non-hydrogen) atoms. The molecule has 0 bridgehead atoms. The molecule has 8 nitrogen and oxygen atoms in total. The predicted molar refractivity (Wildman–Crippen MR) is 107 cm³/mol. The van der Waals surface area contributed by atoms with E-state index in [-0.39, 0.29) is 5.56 Å². The summed E-state index contributed by atoms with van der Waals surface area (Å²) < 4.78 is 1.87. The second kappa shape index (κ2) is 6.68. The van der Waals surface area contributed by atoms with Gasteiger partial charge in [-0.2, -0.15) is 5.21 Å². The van der Waals surface area contributed by atoms with E-state index < -0.39 is 5.97 Å². The first-order valence-electron chi connectivity index (χ1n) is 8.85. The van der Waals surface area contributed by atoms with Gasteiger partial charge in [0.1, 0.15) is 6.33 Å². The molecule has 0 aliphatic carbocycles. The monoisotopic (exact) mass is 382 g/mol. The molecule has 8 heteroatoms. The number of hydrogen-bond donors (Lipinski definition) is 2. The summed E-state index contributed by atoms with van der Waals surface area (Å²) in [4.78, 5) is 15.7. The number of tetrazole rings is 1. The topological polar surface area (TPSA) is 110 Å². The molecule has 0 fully saturated rings. The highest BCUT2D eigenvalue weighted by molar-refractivity contribution is 5.92. The molecule has 0 saturated heterocycles. The summed E-state index contributed by atoms with van der Waals surface area (Å²) in [6, 6.07) is 20.7. The third-order valence-corrected chi connectivity index (χ3v) is 4.76. The predicted octanol–water partition coefficient (Wildman–Crippen LogP) is 3.57. The van der Waals surface area contributed by atoms with Crippen LogP contribution in [0.1, 0.15) is 10.4 Å². The second-order valence-corrected chi connectivity index (χ2v) is 6.45. The van der Waals surface area contributed by atoms with Crippen molar-refractivity contribution in [2.45, 2.75) is 0 Å². The number of aromatic carboxylic acids is 1. The lowest BCUT2D eigenvalue weighted by atomic mass is 9.99. The van der Waals surface area contributed by atoms with Gasteiger partial charge in [0.2, 0.25) is 5.82 Å². The first-order chi connectivity index (χ1) is 14.2. The van der Waals surface area contributed by atoms with Gasteiger partial charge in [-0.15, -0.1) is 10.2 Å². The highest BCUT2D eigenvalue weighted by Gasteiger charge is 2.12. The van der Waals surface area contributed by atoms with E-state index in [1.807, 2.05) is 53.1 Å². The molecule has 2 heterocycles. The number of benzene rings is 3. The van der Waals surface area contributed by atoms with E-state index >= 15 is 0 Å². The highest BCUT2D eigenvalue weighted by atomic mass is 16.4. The average molecular weight is 382 g/mol. The quantitative estimate of drug-likeness (QED) is 0.492. The zero-order chi connectivity index (χ0) is 19.8. The maximum atomic E-state index is 11.3. The molecule has 0 atom stereocenters. The van der Waals surface area contributed by atoms with Crippen LogP contribution in [0.2, 0.25) is 0 Å². The Morgan fingerprint density at radius 3 is 2.48 bits per heavy atom. The second-order valence-electron chi connectivity index (χ2n) is 6.45. The van der Waals surface area contributed by atoms with Crippen molar-refractivity contribution in [3.05, 3.63) is 78.6 Å². The minimum Gasteiger partial charge on any atom is -0.478 e. The lowest BCUT2D eigenvalue weighted by Gasteiger charge is -2.09. The summed E-state index contributed by atoms with van der Waals surface area (Å²) >= 11 is 0. The largest absolute Gasteiger partial charge is 0.478 e. The Kier molecular flexibility index (Phi) is 3.87. The first kappa shape index (κ1) is 16.8. The molecule has 0 unspecified atom stereocenters. The van der Waals surface area contributed by atoms with E-state index in [1.54, 1.807) is 24.5 Å². The standard InChI is InChI=1S/C21H14N6O2/c28-21(29)14-7-10-18-19(11-14)27(12-22-18)15-8-5-13(6-9-15)16-3-1-2-4-17(16)20-23-25-26-24-20/h1-12H,(H,28,29)(H,23,24,25,26). The number of aromatic nitrogens is 6. The van der Waals surface area contributed by atoms with Gasteiger partial charge in [0.05, 0.1) is 16.6 Å². The molecule has 2 N–H and O–H groups in total. The lowest BCUT2D eigenvalue weighted by molar-refractivity contribution is 0.0697. The van der Waals surface area contributed by atoms with Crippen molar-refractivity contribution in [2.75, 3.05) is 0 Å². The molecule has 5 rings (SSSR count). The number of carbonyl (C=O) groups is 1. The van der Waals surface area contributed by atoms with Gasteiger partial charge in [-0.25, -0.2) is 9.78 Å². The van der Waals surface area contributed by atoms with Crippen molar-refractivity contribution < 1.29 is 9.90 Å². The van der Waals surface area contributed by atoms with Gasteiger partial charge in [0.25, 0.3) is 0 Å². The van der Waals surface area contributed by atoms with Gasteiger partial charge in [0.15, 0.2) is 0 Å². The van der Waals surface area contributed by atoms with Crippen LogP contribution in [0.3, 0.4) is 0 Å². The fraction of sp³-hybridized carbons (Fsp3) is 0. The maximum Gasteiger partial charge on any atom is 0.335 e. The number of fused-ring (bicyclic) bond motifs is 1. The molecule has 0 radical (unpaired) electrons. The van der Waals surface area contributed by atoms with E-state index in [4.69, 9.17) is 0 Å². The Hall–Kier alpha value is -4.33. The molecule has 5 aromatic rings. The van der Waals surface area contributed by atoms with E-state index in [0.717, 1.165) is 33.4 Å². The van der Waals surface area contributed by atoms with Crippen LogP contribution < -0.4 is 0 Å². The van der Waals surface area contributed by atoms with Gasteiger partial charge < -0.3 is 5.11 Å². The number of nitrogens with one attached hydrogen (secondary N) is 1. The van der Waals surface area contributed by atoms with Crippen molar-refractivity contribution in [1.29, 1.82) is 0 Å². The lowest BCUT2D eigenvalue weighted by Crippen LogP contribution is -1.97. The summed E-state index contributed by atoms with van der Waals surface area (Å²) in [7, 11) is 0. The summed E-state index contributed by atoms with van der Waals surface area (Å²) in [6.07, 6.45) is 1.69. The zero-order valence-electron chi connectivity index (χ0n) is 15.0. The van der Waals surface area contributed by atoms with Crippen molar-refractivity contribution in [1.82, 2.24) is 30.2 Å². The smallest absolute Gasteiger partial charge is 0.335 e. The molecule has 0 amide bonds. The van der Waals surface area contributed by atoms with Crippen molar-refractivity contribution in [2.24, 2.45) is 0 Å². The average Bonchev–Trinajstić information content (AvgIpc) is 3.43. The molecular weight excluding hydrogens is 368 g/mol. The molecule has 0 aliphatic rings. The van der Waals surface area contributed by atoms with Crippen molar-refractivity contribution >= 4 is 17.0 Å². The number of H-pyrrole nitrogens is 1. The third-order valence-electron chi connectivity index (χ3n) is 4.76. The van der Waals surface area contributed by atoms with Gasteiger partial charge in [-0.1, -0.05) is 36.4 Å². The van der Waals surface area contributed by atoms with Crippen LogP contribution in [0.5, 0.6) is 0 Å². The molecule has 0 spiro atoms. The van der Waals surface area contributed by atoms with Crippen LogP contribution in [0, 0.1) is 0 Å². The number of hydrogen-bond acceptors (Lipinski definition) is 5. The molecule has 0 saturated carbocycles. The zero-order valence-corrected chi connectivity index (χ0v) is 15.0. The summed E-state index contributed by atoms with van der Waals surface area (Å²) in [5.74, 6) is -0.431. The van der Waals surface area contributed by atoms with E-state index in [0.29, 0.717) is 5.82 Å². The Morgan fingerprint density at radius 2 is 1.76 bits per heavy atom. The van der Waals surface area contributed by atoms with Crippen LogP contribution in [0.15, 0.2) is 73.1 Å². The molecule has 140 valence electrons. The summed E-state index contributed by atoms with van der Waals surface area (Å²) in [6.45, 7) is 0. The van der Waals surface area contributed by atoms with Gasteiger partial charge in [0, 0.05) is 11.3 Å². The number of imidazole rings is 1. The van der Waals surface area contributed by atoms with Crippen LogP contribution in [-0.4, -0.2) is 41.3 Å². The minimum absolute atomic E-state index is 0.227. The number of rotatable bonds is 4. The molecular formula is C21H14N6O2. The minimum atomic E-state index is -0.965. The molecule has 0 aliphatic heterocycles. The van der Waals surface area contributed by atoms with Gasteiger partial charge in [-0.05, 0) is 46.7 Å². The molecule has 3 aromatic carbocycles. The fourth-order valence-corrected chi connectivity index (χ4v) is 3.35. The summed E-state index contributed by atoms with van der Waals surface area (Å²) in [5, 5.41) is 23.5. The highest BCUT2D eigenvalue weighted by Crippen LogP contribution is 2.30. The Bertz CT molecular complexity index is 1320. The van der Waals surface area contributed by atoms with Gasteiger partial charge >= 0.3 is 5.97 Å². The Morgan fingerprint density at radius 1 is 0.966 bits per heavy atom. The Labute approximate surface area is 164 Å². The van der Waals surface area contributed by atoms with Crippen LogP contribution >= 0.6 is 0 Å². The maximum absolute atomic E-state index is 11.3. The van der Waals surface area contributed by atoms with Gasteiger partial charge in [-0.3, -0.25) is 4.57 Å². The fourth-order valence-electron chi connectivity index (χ4n) is 3.35. The number of nitrogens with zero attached hydrogens (tertiary/aromatic N) is 5. The first-order valence-corrected chi connectivity index (χ1v) is 8.85. The van der Waals surface area contributed by atoms with Crippen molar-refractivity contribution in [3.8, 4) is 28.2 Å². The SMILES string of the molecule is O=C(O)c1ccc2ncn(-c3ccc(-c4ccccc4-c4nn[nH]n4)cc3)c2c1. The number of carboxylic acids is 1. The van der Waals surface area contributed by atoms with E-state index in [1.165, 1.54) is 0 Å².